The zero-order valence-corrected chi connectivity index (χ0v) is 25.2. The van der Waals surface area contributed by atoms with Gasteiger partial charge in [0.1, 0.15) is 6.10 Å². The van der Waals surface area contributed by atoms with Crippen LogP contribution in [0.1, 0.15) is 56.6 Å². The number of rotatable bonds is 16. The van der Waals surface area contributed by atoms with Crippen LogP contribution in [-0.4, -0.2) is 63.8 Å². The molecule has 0 saturated carbocycles. The van der Waals surface area contributed by atoms with E-state index in [0.29, 0.717) is 12.8 Å². The fourth-order valence-corrected chi connectivity index (χ4v) is 4.79. The Morgan fingerprint density at radius 1 is 0.644 bits per heavy atom. The van der Waals surface area contributed by atoms with E-state index in [2.05, 4.69) is 4.74 Å². The van der Waals surface area contributed by atoms with Crippen molar-refractivity contribution in [2.45, 2.75) is 81.2 Å². The second-order valence-electron chi connectivity index (χ2n) is 10.2. The topological polar surface area (TPSA) is 97.4 Å². The maximum atomic E-state index is 14.2. The molecule has 4 atom stereocenters. The van der Waals surface area contributed by atoms with Crippen molar-refractivity contribution in [2.24, 2.45) is 0 Å². The van der Waals surface area contributed by atoms with Crippen molar-refractivity contribution in [3.8, 4) is 0 Å². The van der Waals surface area contributed by atoms with E-state index in [0.717, 1.165) is 45.6 Å². The standard InChI is InChI=1S/C31H36F6O8/c1-21(44-26(39)28(42-3,30(32,33)34)22-15-9-6-10-16-22)14-8-5-13-19-24(20-25(38)41-2)45-27(40)29(43-4,31(35,36)37)23-17-11-7-12-18-23/h6-7,9-12,15-18,21,24H,5,8,13-14,19-20H2,1-4H3/t21-,24+,28-,29-/m1/s1. The third kappa shape index (κ3) is 8.75. The molecule has 0 aliphatic carbocycles. The number of hydrogen-bond acceptors (Lipinski definition) is 8. The SMILES string of the molecule is COC(=O)C[C@H](CCCCC[C@@H](C)OC(=O)[C@](OC)(c1ccccc1)C(F)(F)F)OC(=O)[C@](OC)(c1ccccc1)C(F)(F)F. The van der Waals surface area contributed by atoms with Gasteiger partial charge in [0.2, 0.25) is 0 Å². The Labute approximate surface area is 256 Å². The summed E-state index contributed by atoms with van der Waals surface area (Å²) < 4.78 is 109. The number of ether oxygens (including phenoxy) is 5. The monoisotopic (exact) mass is 650 g/mol. The highest BCUT2D eigenvalue weighted by molar-refractivity contribution is 5.83. The van der Waals surface area contributed by atoms with E-state index in [-0.39, 0.29) is 19.3 Å². The lowest BCUT2D eigenvalue weighted by atomic mass is 9.92. The van der Waals surface area contributed by atoms with Gasteiger partial charge in [-0.1, -0.05) is 67.1 Å². The van der Waals surface area contributed by atoms with Gasteiger partial charge in [0, 0.05) is 25.3 Å². The second-order valence-corrected chi connectivity index (χ2v) is 10.2. The number of esters is 3. The van der Waals surface area contributed by atoms with Crippen molar-refractivity contribution in [3.63, 3.8) is 0 Å². The molecular weight excluding hydrogens is 614 g/mol. The molecule has 0 amide bonds. The number of alkyl halides is 6. The third-order valence-corrected chi connectivity index (χ3v) is 7.19. The van der Waals surface area contributed by atoms with E-state index in [1.165, 1.54) is 43.3 Å². The van der Waals surface area contributed by atoms with Crippen LogP contribution in [0.4, 0.5) is 26.3 Å². The quantitative estimate of drug-likeness (QED) is 0.0874. The number of hydrogen-bond donors (Lipinski definition) is 0. The van der Waals surface area contributed by atoms with Crippen LogP contribution in [0.25, 0.3) is 0 Å². The van der Waals surface area contributed by atoms with Gasteiger partial charge in [0.15, 0.2) is 0 Å². The van der Waals surface area contributed by atoms with Gasteiger partial charge in [-0.15, -0.1) is 0 Å². The van der Waals surface area contributed by atoms with E-state index < -0.39 is 71.2 Å². The molecule has 0 bridgehead atoms. The van der Waals surface area contributed by atoms with Gasteiger partial charge in [-0.05, 0) is 32.6 Å². The molecule has 2 aromatic carbocycles. The summed E-state index contributed by atoms with van der Waals surface area (Å²) in [7, 11) is 2.55. The number of methoxy groups -OCH3 is 3. The van der Waals surface area contributed by atoms with Crippen molar-refractivity contribution in [1.82, 2.24) is 0 Å². The average Bonchev–Trinajstić information content (AvgIpc) is 2.97. The molecule has 0 saturated heterocycles. The summed E-state index contributed by atoms with van der Waals surface area (Å²) in [6.45, 7) is 1.41. The molecule has 14 heteroatoms. The van der Waals surface area contributed by atoms with Gasteiger partial charge in [0.25, 0.3) is 11.2 Å². The lowest BCUT2D eigenvalue weighted by Gasteiger charge is -2.33. The van der Waals surface area contributed by atoms with E-state index >= 15 is 0 Å². The summed E-state index contributed by atoms with van der Waals surface area (Å²) in [6.07, 6.45) is -12.1. The Kier molecular flexibility index (Phi) is 13.4. The largest absolute Gasteiger partial charge is 0.469 e. The van der Waals surface area contributed by atoms with Crippen LogP contribution in [0, 0.1) is 0 Å². The maximum absolute atomic E-state index is 14.2. The molecule has 0 heterocycles. The molecule has 0 fully saturated rings. The first-order valence-corrected chi connectivity index (χ1v) is 13.9. The molecule has 8 nitrogen and oxygen atoms in total. The first-order chi connectivity index (χ1) is 21.1. The minimum atomic E-state index is -5.21. The van der Waals surface area contributed by atoms with Crippen molar-refractivity contribution in [3.05, 3.63) is 71.8 Å². The highest BCUT2D eigenvalue weighted by Gasteiger charge is 2.65. The molecule has 0 N–H and O–H groups in total. The van der Waals surface area contributed by atoms with Gasteiger partial charge in [-0.2, -0.15) is 26.3 Å². The minimum Gasteiger partial charge on any atom is -0.469 e. The van der Waals surface area contributed by atoms with E-state index in [9.17, 15) is 40.7 Å². The molecule has 0 aliphatic rings. The molecule has 2 rings (SSSR count). The highest BCUT2D eigenvalue weighted by Crippen LogP contribution is 2.44. The van der Waals surface area contributed by atoms with Crippen molar-refractivity contribution in [1.29, 1.82) is 0 Å². The summed E-state index contributed by atoms with van der Waals surface area (Å²) in [5.74, 6) is -4.22. The minimum absolute atomic E-state index is 0.0453. The number of halogens is 6. The Balaban J connectivity index is 2.05. The number of carbonyl (C=O) groups excluding carboxylic acids is 3. The Bertz CT molecular complexity index is 1240. The summed E-state index contributed by atoms with van der Waals surface area (Å²) in [6, 6.07) is 12.5. The molecule has 0 spiro atoms. The summed E-state index contributed by atoms with van der Waals surface area (Å²) in [5, 5.41) is 0. The van der Waals surface area contributed by atoms with Gasteiger partial charge in [-0.3, -0.25) is 4.79 Å². The van der Waals surface area contributed by atoms with Gasteiger partial charge >= 0.3 is 30.3 Å². The Morgan fingerprint density at radius 2 is 1.07 bits per heavy atom. The second kappa shape index (κ2) is 16.1. The van der Waals surface area contributed by atoms with E-state index in [1.807, 2.05) is 0 Å². The lowest BCUT2D eigenvalue weighted by Crippen LogP contribution is -2.52. The molecule has 45 heavy (non-hydrogen) atoms. The highest BCUT2D eigenvalue weighted by atomic mass is 19.4. The van der Waals surface area contributed by atoms with E-state index in [1.54, 1.807) is 0 Å². The first kappa shape index (κ1) is 37.5. The molecule has 0 unspecified atom stereocenters. The van der Waals surface area contributed by atoms with Gasteiger partial charge in [-0.25, -0.2) is 9.59 Å². The summed E-state index contributed by atoms with van der Waals surface area (Å²) in [5.41, 5.74) is -7.74. The summed E-state index contributed by atoms with van der Waals surface area (Å²) >= 11 is 0. The molecule has 0 aromatic heterocycles. The predicted octanol–water partition coefficient (Wildman–Crippen LogP) is 6.55. The zero-order chi connectivity index (χ0) is 33.9. The van der Waals surface area contributed by atoms with Crippen LogP contribution in [0.15, 0.2) is 60.7 Å². The fraction of sp³-hybridized carbons (Fsp3) is 0.516. The molecule has 2 aromatic rings. The smallest absolute Gasteiger partial charge is 0.432 e. The molecule has 0 radical (unpaired) electrons. The Morgan fingerprint density at radius 3 is 1.47 bits per heavy atom. The lowest BCUT2D eigenvalue weighted by molar-refractivity contribution is -0.279. The van der Waals surface area contributed by atoms with Crippen molar-refractivity contribution >= 4 is 17.9 Å². The van der Waals surface area contributed by atoms with Crippen LogP contribution in [0.3, 0.4) is 0 Å². The van der Waals surface area contributed by atoms with Crippen LogP contribution in [0.5, 0.6) is 0 Å². The zero-order valence-electron chi connectivity index (χ0n) is 25.2. The van der Waals surface area contributed by atoms with Gasteiger partial charge in [0.05, 0.1) is 19.6 Å². The normalized spacial score (nSPS) is 16.0. The van der Waals surface area contributed by atoms with Crippen LogP contribution < -0.4 is 0 Å². The van der Waals surface area contributed by atoms with Crippen molar-refractivity contribution in [2.75, 3.05) is 21.3 Å². The average molecular weight is 651 g/mol. The van der Waals surface area contributed by atoms with E-state index in [4.69, 9.17) is 18.9 Å². The number of benzene rings is 2. The number of unbranched alkanes of at least 4 members (excludes halogenated alkanes) is 2. The fourth-order valence-electron chi connectivity index (χ4n) is 4.79. The van der Waals surface area contributed by atoms with Crippen LogP contribution >= 0.6 is 0 Å². The van der Waals surface area contributed by atoms with Gasteiger partial charge < -0.3 is 23.7 Å². The summed E-state index contributed by atoms with van der Waals surface area (Å²) in [4.78, 5) is 37.8. The predicted molar refractivity (Wildman–Crippen MR) is 148 cm³/mol. The molecule has 0 aliphatic heterocycles. The Hall–Kier alpha value is -3.65. The molecular formula is C31H36F6O8. The third-order valence-electron chi connectivity index (χ3n) is 7.19. The van der Waals surface area contributed by atoms with Crippen molar-refractivity contribution < 1.29 is 64.4 Å². The maximum Gasteiger partial charge on any atom is 0.432 e. The first-order valence-electron chi connectivity index (χ1n) is 13.9. The van der Waals surface area contributed by atoms with Crippen LogP contribution in [-0.2, 0) is 49.3 Å². The van der Waals surface area contributed by atoms with Crippen LogP contribution in [0.2, 0.25) is 0 Å². The molecule has 250 valence electrons. The number of carbonyl (C=O) groups is 3.